The summed E-state index contributed by atoms with van der Waals surface area (Å²) in [5.74, 6) is -3.10. The van der Waals surface area contributed by atoms with Gasteiger partial charge in [0.25, 0.3) is 5.91 Å². The Morgan fingerprint density at radius 3 is 2.46 bits per heavy atom. The van der Waals surface area contributed by atoms with Gasteiger partial charge in [0.05, 0.1) is 30.8 Å². The fourth-order valence-corrected chi connectivity index (χ4v) is 7.58. The van der Waals surface area contributed by atoms with Gasteiger partial charge in [-0.15, -0.1) is 13.2 Å². The molecule has 224 valence electrons. The number of fused-ring (bicyclic) bond motifs is 1. The summed E-state index contributed by atoms with van der Waals surface area (Å²) in [6, 6.07) is 4.19. The van der Waals surface area contributed by atoms with Crippen LogP contribution in [0.3, 0.4) is 0 Å². The summed E-state index contributed by atoms with van der Waals surface area (Å²) < 4.78 is 12.5. The molecule has 1 spiro atoms. The van der Waals surface area contributed by atoms with Crippen molar-refractivity contribution in [2.24, 2.45) is 23.7 Å². The number of benzene rings is 1. The Hall–Kier alpha value is -2.97. The number of nitrogens with zero attached hydrogens (tertiary/aromatic N) is 2. The van der Waals surface area contributed by atoms with Gasteiger partial charge >= 0.3 is 5.97 Å². The number of aliphatic hydroxyl groups is 1. The second-order valence-corrected chi connectivity index (χ2v) is 12.5. The first-order chi connectivity index (χ1) is 19.4. The molecule has 3 aliphatic rings. The number of aryl methyl sites for hydroxylation is 2. The highest BCUT2D eigenvalue weighted by molar-refractivity contribution is 6.05. The highest BCUT2D eigenvalue weighted by Crippen LogP contribution is 2.66. The van der Waals surface area contributed by atoms with Crippen LogP contribution in [-0.4, -0.2) is 70.8 Å². The SMILES string of the molecule is C=CCCCOC(=O)[C@H]1[C@H]2C(=O)N([C@@H](CO)C(C)C)C(C(=O)N(CC=C)c3c(C)cccc3C)C23CC(C)[C@]1(C)O3. The van der Waals surface area contributed by atoms with Crippen LogP contribution in [0.5, 0.6) is 0 Å². The van der Waals surface area contributed by atoms with Crippen LogP contribution in [0, 0.1) is 37.5 Å². The normalized spacial score (nSPS) is 30.8. The van der Waals surface area contributed by atoms with Gasteiger partial charge in [0.2, 0.25) is 5.91 Å². The number of hydrogen-bond donors (Lipinski definition) is 1. The van der Waals surface area contributed by atoms with Crippen molar-refractivity contribution in [3.05, 3.63) is 54.6 Å². The van der Waals surface area contributed by atoms with Crippen LogP contribution in [0.2, 0.25) is 0 Å². The highest BCUT2D eigenvalue weighted by Gasteiger charge is 2.81. The zero-order valence-electron chi connectivity index (χ0n) is 25.4. The van der Waals surface area contributed by atoms with Gasteiger partial charge in [0.1, 0.15) is 17.6 Å². The van der Waals surface area contributed by atoms with Gasteiger partial charge in [-0.3, -0.25) is 14.4 Å². The number of allylic oxidation sites excluding steroid dienone is 1. The third kappa shape index (κ3) is 4.83. The van der Waals surface area contributed by atoms with E-state index in [1.54, 1.807) is 17.1 Å². The first-order valence-corrected chi connectivity index (χ1v) is 14.8. The van der Waals surface area contributed by atoms with Gasteiger partial charge in [0.15, 0.2) is 0 Å². The summed E-state index contributed by atoms with van der Waals surface area (Å²) in [7, 11) is 0. The summed E-state index contributed by atoms with van der Waals surface area (Å²) >= 11 is 0. The summed E-state index contributed by atoms with van der Waals surface area (Å²) in [6.07, 6.45) is 5.24. The van der Waals surface area contributed by atoms with Crippen LogP contribution >= 0.6 is 0 Å². The topological polar surface area (TPSA) is 96.4 Å². The fraction of sp³-hybridized carbons (Fsp3) is 0.606. The van der Waals surface area contributed by atoms with Crippen LogP contribution in [-0.2, 0) is 23.9 Å². The van der Waals surface area contributed by atoms with Crippen molar-refractivity contribution in [1.82, 2.24) is 4.90 Å². The number of ether oxygens (including phenoxy) is 2. The Bertz CT molecular complexity index is 1190. The van der Waals surface area contributed by atoms with Crippen LogP contribution < -0.4 is 4.90 Å². The molecule has 7 atom stereocenters. The maximum atomic E-state index is 14.9. The third-order valence-corrected chi connectivity index (χ3v) is 9.64. The number of anilines is 1. The van der Waals surface area contributed by atoms with Crippen molar-refractivity contribution in [1.29, 1.82) is 0 Å². The molecule has 1 aromatic carbocycles. The Balaban J connectivity index is 1.86. The smallest absolute Gasteiger partial charge is 0.312 e. The lowest BCUT2D eigenvalue weighted by molar-refractivity contribution is -0.162. The number of hydrogen-bond acceptors (Lipinski definition) is 6. The Labute approximate surface area is 244 Å². The third-order valence-electron chi connectivity index (χ3n) is 9.64. The zero-order chi connectivity index (χ0) is 30.3. The van der Waals surface area contributed by atoms with Gasteiger partial charge in [0, 0.05) is 12.2 Å². The lowest BCUT2D eigenvalue weighted by atomic mass is 9.62. The Morgan fingerprint density at radius 1 is 1.24 bits per heavy atom. The monoisotopic (exact) mass is 566 g/mol. The predicted molar refractivity (Wildman–Crippen MR) is 158 cm³/mol. The van der Waals surface area contributed by atoms with E-state index in [0.29, 0.717) is 19.3 Å². The van der Waals surface area contributed by atoms with Crippen LogP contribution in [0.15, 0.2) is 43.5 Å². The van der Waals surface area contributed by atoms with Crippen LogP contribution in [0.4, 0.5) is 5.69 Å². The minimum atomic E-state index is -1.23. The number of carbonyl (C=O) groups is 3. The molecule has 41 heavy (non-hydrogen) atoms. The molecule has 4 rings (SSSR count). The number of rotatable bonds is 12. The number of likely N-dealkylation sites (tertiary alicyclic amines) is 1. The average Bonchev–Trinajstić information content (AvgIpc) is 3.42. The van der Waals surface area contributed by atoms with Crippen molar-refractivity contribution in [2.45, 2.75) is 84.1 Å². The molecule has 0 saturated carbocycles. The van der Waals surface area contributed by atoms with Crippen LogP contribution in [0.1, 0.15) is 58.1 Å². The molecular formula is C33H46N2O6. The summed E-state index contributed by atoms with van der Waals surface area (Å²) in [5.41, 5.74) is 0.413. The number of aliphatic hydroxyl groups excluding tert-OH is 1. The molecule has 2 amide bonds. The average molecular weight is 567 g/mol. The quantitative estimate of drug-likeness (QED) is 0.230. The fourth-order valence-electron chi connectivity index (χ4n) is 7.58. The van der Waals surface area contributed by atoms with Crippen molar-refractivity contribution >= 4 is 23.5 Å². The number of unbranched alkanes of at least 4 members (excludes halogenated alkanes) is 1. The largest absolute Gasteiger partial charge is 0.465 e. The summed E-state index contributed by atoms with van der Waals surface area (Å²) in [6.45, 7) is 19.4. The number of amides is 2. The lowest BCUT2D eigenvalue weighted by Gasteiger charge is -2.41. The first kappa shape index (κ1) is 31.0. The molecule has 0 aliphatic carbocycles. The van der Waals surface area contributed by atoms with Crippen molar-refractivity contribution in [3.63, 3.8) is 0 Å². The van der Waals surface area contributed by atoms with E-state index in [0.717, 1.165) is 16.8 Å². The van der Waals surface area contributed by atoms with Gasteiger partial charge in [-0.25, -0.2) is 0 Å². The Kier molecular flexibility index (Phi) is 8.86. The van der Waals surface area contributed by atoms with E-state index in [1.165, 1.54) is 4.90 Å². The molecule has 8 nitrogen and oxygen atoms in total. The predicted octanol–water partition coefficient (Wildman–Crippen LogP) is 4.36. The van der Waals surface area contributed by atoms with E-state index >= 15 is 0 Å². The van der Waals surface area contributed by atoms with E-state index in [4.69, 9.17) is 9.47 Å². The van der Waals surface area contributed by atoms with E-state index in [1.807, 2.05) is 59.7 Å². The molecular weight excluding hydrogens is 520 g/mol. The first-order valence-electron chi connectivity index (χ1n) is 14.8. The van der Waals surface area contributed by atoms with Gasteiger partial charge in [-0.05, 0) is 63.0 Å². The van der Waals surface area contributed by atoms with Gasteiger partial charge < -0.3 is 24.4 Å². The highest BCUT2D eigenvalue weighted by atomic mass is 16.6. The number of esters is 1. The molecule has 3 aliphatic heterocycles. The molecule has 0 radical (unpaired) electrons. The van der Waals surface area contributed by atoms with E-state index in [-0.39, 0.29) is 43.4 Å². The summed E-state index contributed by atoms with van der Waals surface area (Å²) in [4.78, 5) is 46.3. The van der Waals surface area contributed by atoms with E-state index in [9.17, 15) is 19.5 Å². The lowest BCUT2D eigenvalue weighted by Crippen LogP contribution is -2.60. The standard InChI is InChI=1S/C33H46N2O6/c1-9-11-12-17-40-31(39)26-25-29(37)35(24(19-36)20(3)4)28(33(25)18-23(7)32(26,8)41-33)30(38)34(16-10-2)27-21(5)14-13-15-22(27)6/h9-10,13-15,20,23-26,28,36H,1-2,11-12,16-19H2,3-8H3/t23?,24-,25-,26+,28?,32-,33?/m0/s1. The maximum Gasteiger partial charge on any atom is 0.312 e. The second kappa shape index (κ2) is 11.7. The van der Waals surface area contributed by atoms with Gasteiger partial charge in [-0.1, -0.05) is 51.1 Å². The molecule has 3 saturated heterocycles. The second-order valence-electron chi connectivity index (χ2n) is 12.5. The number of para-hydroxylation sites is 1. The summed E-state index contributed by atoms with van der Waals surface area (Å²) in [5, 5.41) is 10.5. The van der Waals surface area contributed by atoms with Crippen LogP contribution in [0.25, 0.3) is 0 Å². The van der Waals surface area contributed by atoms with Crippen molar-refractivity contribution in [2.75, 3.05) is 24.7 Å². The minimum Gasteiger partial charge on any atom is -0.465 e. The zero-order valence-corrected chi connectivity index (χ0v) is 25.4. The molecule has 8 heteroatoms. The Morgan fingerprint density at radius 2 is 1.90 bits per heavy atom. The minimum absolute atomic E-state index is 0.104. The molecule has 1 aromatic rings. The molecule has 3 unspecified atom stereocenters. The molecule has 3 heterocycles. The molecule has 2 bridgehead atoms. The van der Waals surface area contributed by atoms with Crippen molar-refractivity contribution in [3.8, 4) is 0 Å². The molecule has 0 aromatic heterocycles. The van der Waals surface area contributed by atoms with Gasteiger partial charge in [-0.2, -0.15) is 0 Å². The van der Waals surface area contributed by atoms with Crippen molar-refractivity contribution < 1.29 is 29.0 Å². The maximum absolute atomic E-state index is 14.9. The molecule has 3 fully saturated rings. The van der Waals surface area contributed by atoms with E-state index < -0.39 is 41.1 Å². The molecule has 1 N–H and O–H groups in total. The number of carbonyl (C=O) groups excluding carboxylic acids is 3. The van der Waals surface area contributed by atoms with E-state index in [2.05, 4.69) is 13.2 Å².